The summed E-state index contributed by atoms with van der Waals surface area (Å²) in [6.45, 7) is 1.70. The Labute approximate surface area is 290 Å². The molecular formula is C39H41N5O6. The number of benzene rings is 4. The lowest BCUT2D eigenvalue weighted by Crippen LogP contribution is -2.58. The molecule has 0 radical (unpaired) electrons. The van der Waals surface area contributed by atoms with Crippen molar-refractivity contribution in [1.82, 2.24) is 26.3 Å². The molecule has 1 unspecified atom stereocenters. The molecule has 0 aliphatic carbocycles. The second kappa shape index (κ2) is 17.5. The van der Waals surface area contributed by atoms with Crippen LogP contribution < -0.4 is 21.3 Å². The van der Waals surface area contributed by atoms with Gasteiger partial charge in [-0.05, 0) is 41.7 Å². The highest BCUT2D eigenvalue weighted by Gasteiger charge is 2.32. The van der Waals surface area contributed by atoms with Crippen molar-refractivity contribution in [2.45, 2.75) is 57.1 Å². The van der Waals surface area contributed by atoms with Crippen molar-refractivity contribution in [3.05, 3.63) is 144 Å². The van der Waals surface area contributed by atoms with Crippen LogP contribution in [0.2, 0.25) is 0 Å². The van der Waals surface area contributed by atoms with Gasteiger partial charge in [-0.25, -0.2) is 4.79 Å². The maximum atomic E-state index is 14.1. The number of aliphatic hydroxyl groups excluding tert-OH is 1. The number of aromatic nitrogens is 1. The van der Waals surface area contributed by atoms with E-state index < -0.39 is 48.0 Å². The van der Waals surface area contributed by atoms with Crippen LogP contribution in [0.4, 0.5) is 4.79 Å². The number of para-hydroxylation sites is 1. The van der Waals surface area contributed by atoms with Gasteiger partial charge in [-0.15, -0.1) is 0 Å². The van der Waals surface area contributed by atoms with Crippen LogP contribution in [-0.2, 0) is 45.1 Å². The molecule has 0 aliphatic rings. The molecule has 258 valence electrons. The van der Waals surface area contributed by atoms with E-state index in [0.29, 0.717) is 0 Å². The number of hydrogen-bond acceptors (Lipinski definition) is 6. The van der Waals surface area contributed by atoms with E-state index in [1.165, 1.54) is 6.92 Å². The van der Waals surface area contributed by atoms with Crippen LogP contribution in [0.5, 0.6) is 0 Å². The molecule has 5 rings (SSSR count). The summed E-state index contributed by atoms with van der Waals surface area (Å²) in [5.41, 5.74) is 4.05. The van der Waals surface area contributed by atoms with E-state index in [9.17, 15) is 24.3 Å². The number of aliphatic hydroxyl groups is 1. The molecule has 0 saturated heterocycles. The molecule has 4 aromatic carbocycles. The van der Waals surface area contributed by atoms with Gasteiger partial charge in [0.2, 0.25) is 11.8 Å². The molecule has 0 saturated carbocycles. The van der Waals surface area contributed by atoms with Gasteiger partial charge in [0.1, 0.15) is 18.7 Å². The number of hydrogen-bond donors (Lipinski definition) is 6. The number of rotatable bonds is 15. The third kappa shape index (κ3) is 10.0. The highest BCUT2D eigenvalue weighted by Crippen LogP contribution is 2.20. The average molecular weight is 676 g/mol. The number of fused-ring (bicyclic) bond motifs is 1. The summed E-state index contributed by atoms with van der Waals surface area (Å²) >= 11 is 0. The van der Waals surface area contributed by atoms with Crippen LogP contribution in [-0.4, -0.2) is 58.1 Å². The molecule has 6 N–H and O–H groups in total. The zero-order valence-corrected chi connectivity index (χ0v) is 27.7. The third-order valence-electron chi connectivity index (χ3n) is 8.26. The molecule has 50 heavy (non-hydrogen) atoms. The van der Waals surface area contributed by atoms with E-state index in [1.54, 1.807) is 6.20 Å². The number of aromatic amines is 1. The van der Waals surface area contributed by atoms with Crippen molar-refractivity contribution in [2.24, 2.45) is 0 Å². The van der Waals surface area contributed by atoms with Crippen molar-refractivity contribution in [3.8, 4) is 0 Å². The van der Waals surface area contributed by atoms with Gasteiger partial charge < -0.3 is 36.1 Å². The summed E-state index contributed by atoms with van der Waals surface area (Å²) in [6.07, 6.45) is -0.395. The molecule has 0 bridgehead atoms. The monoisotopic (exact) mass is 675 g/mol. The first-order valence-electron chi connectivity index (χ1n) is 16.4. The van der Waals surface area contributed by atoms with Gasteiger partial charge in [0.05, 0.1) is 6.04 Å². The lowest BCUT2D eigenvalue weighted by Gasteiger charge is -2.27. The second-order valence-electron chi connectivity index (χ2n) is 12.0. The Morgan fingerprint density at radius 3 is 1.96 bits per heavy atom. The Hall–Kier alpha value is -5.94. The lowest BCUT2D eigenvalue weighted by atomic mass is 9.98. The van der Waals surface area contributed by atoms with E-state index in [4.69, 9.17) is 4.74 Å². The van der Waals surface area contributed by atoms with Crippen molar-refractivity contribution in [1.29, 1.82) is 0 Å². The Morgan fingerprint density at radius 2 is 1.28 bits per heavy atom. The molecule has 0 aliphatic heterocycles. The molecule has 1 aromatic heterocycles. The zero-order chi connectivity index (χ0) is 35.3. The quantitative estimate of drug-likeness (QED) is 0.0987. The minimum atomic E-state index is -1.60. The first kappa shape index (κ1) is 35.4. The molecule has 4 atom stereocenters. The van der Waals surface area contributed by atoms with Gasteiger partial charge >= 0.3 is 6.09 Å². The van der Waals surface area contributed by atoms with Gasteiger partial charge in [0.15, 0.2) is 6.10 Å². The summed E-state index contributed by atoms with van der Waals surface area (Å²) < 4.78 is 5.26. The van der Waals surface area contributed by atoms with Crippen LogP contribution in [0.25, 0.3) is 10.9 Å². The number of ether oxygens (including phenoxy) is 1. The zero-order valence-electron chi connectivity index (χ0n) is 27.7. The SMILES string of the molecule is C[C@H](NC(=O)OCc1ccccc1)C(=O)N[C@@H](Cc1c[nH]c2ccccc12)C(=O)N[C@@H](Cc1ccccc1)C(O)C(=O)NCc1ccccc1. The Balaban J connectivity index is 1.31. The molecule has 0 fully saturated rings. The summed E-state index contributed by atoms with van der Waals surface area (Å²) in [6, 6.07) is 31.9. The molecule has 5 aromatic rings. The van der Waals surface area contributed by atoms with Crippen molar-refractivity contribution < 1.29 is 29.0 Å². The third-order valence-corrected chi connectivity index (χ3v) is 8.26. The first-order chi connectivity index (χ1) is 24.3. The number of carbonyl (C=O) groups is 4. The van der Waals surface area contributed by atoms with E-state index in [1.807, 2.05) is 115 Å². The normalized spacial score (nSPS) is 13.3. The Kier molecular flexibility index (Phi) is 12.3. The van der Waals surface area contributed by atoms with Gasteiger partial charge in [0.25, 0.3) is 5.91 Å². The minimum absolute atomic E-state index is 0.0245. The van der Waals surface area contributed by atoms with Crippen molar-refractivity contribution >= 4 is 34.7 Å². The van der Waals surface area contributed by atoms with Crippen molar-refractivity contribution in [2.75, 3.05) is 0 Å². The maximum absolute atomic E-state index is 14.1. The fourth-order valence-electron chi connectivity index (χ4n) is 5.50. The van der Waals surface area contributed by atoms with E-state index >= 15 is 0 Å². The number of nitrogens with one attached hydrogen (secondary N) is 5. The van der Waals surface area contributed by atoms with E-state index in [0.717, 1.165) is 33.2 Å². The smallest absolute Gasteiger partial charge is 0.408 e. The summed E-state index contributed by atoms with van der Waals surface area (Å²) in [5, 5.41) is 23.0. The van der Waals surface area contributed by atoms with Crippen LogP contribution in [0.1, 0.15) is 29.2 Å². The van der Waals surface area contributed by atoms with E-state index in [-0.39, 0.29) is 26.0 Å². The van der Waals surface area contributed by atoms with Gasteiger partial charge in [-0.3, -0.25) is 14.4 Å². The average Bonchev–Trinajstić information content (AvgIpc) is 3.55. The first-order valence-corrected chi connectivity index (χ1v) is 16.4. The molecule has 0 spiro atoms. The summed E-state index contributed by atoms with van der Waals surface area (Å²) in [4.78, 5) is 56.3. The number of H-pyrrole nitrogens is 1. The number of alkyl carbamates (subject to hydrolysis) is 1. The van der Waals surface area contributed by atoms with Gasteiger partial charge in [-0.1, -0.05) is 109 Å². The van der Waals surface area contributed by atoms with Crippen LogP contribution >= 0.6 is 0 Å². The van der Waals surface area contributed by atoms with Gasteiger partial charge in [-0.2, -0.15) is 0 Å². The standard InChI is InChI=1S/C39H41N5O6/c1-26(42-39(49)50-25-29-17-9-4-10-18-29)36(46)44-34(22-30-24-40-32-20-12-11-19-31(30)32)37(47)43-33(21-27-13-5-2-6-14-27)35(45)38(48)41-23-28-15-7-3-8-16-28/h2-20,24,26,33-35,40,45H,21-23,25H2,1H3,(H,41,48)(H,42,49)(H,43,47)(H,44,46)/t26-,33-,34-,35?/m0/s1. The minimum Gasteiger partial charge on any atom is -0.445 e. The highest BCUT2D eigenvalue weighted by molar-refractivity contribution is 5.93. The lowest BCUT2D eigenvalue weighted by molar-refractivity contribution is -0.134. The number of amides is 4. The largest absolute Gasteiger partial charge is 0.445 e. The van der Waals surface area contributed by atoms with Crippen LogP contribution in [0.3, 0.4) is 0 Å². The molecule has 1 heterocycles. The number of carbonyl (C=O) groups excluding carboxylic acids is 4. The van der Waals surface area contributed by atoms with Gasteiger partial charge in [0, 0.05) is 30.1 Å². The predicted molar refractivity (Wildman–Crippen MR) is 190 cm³/mol. The topological polar surface area (TPSA) is 162 Å². The Bertz CT molecular complexity index is 1870. The summed E-state index contributed by atoms with van der Waals surface area (Å²) in [5.74, 6) is -1.89. The Morgan fingerprint density at radius 1 is 0.680 bits per heavy atom. The molecule has 4 amide bonds. The van der Waals surface area contributed by atoms with Crippen LogP contribution in [0, 0.1) is 0 Å². The second-order valence-corrected chi connectivity index (χ2v) is 12.0. The van der Waals surface area contributed by atoms with Crippen LogP contribution in [0.15, 0.2) is 121 Å². The fraction of sp³-hybridized carbons (Fsp3) is 0.231. The molecule has 11 nitrogen and oxygen atoms in total. The maximum Gasteiger partial charge on any atom is 0.408 e. The fourth-order valence-corrected chi connectivity index (χ4v) is 5.50. The van der Waals surface area contributed by atoms with E-state index in [2.05, 4.69) is 26.3 Å². The summed E-state index contributed by atoms with van der Waals surface area (Å²) in [7, 11) is 0. The molecule has 11 heteroatoms. The highest BCUT2D eigenvalue weighted by atomic mass is 16.5. The predicted octanol–water partition coefficient (Wildman–Crippen LogP) is 3.91. The molecular weight excluding hydrogens is 634 g/mol. The van der Waals surface area contributed by atoms with Crippen molar-refractivity contribution in [3.63, 3.8) is 0 Å².